The Kier molecular flexibility index (Phi) is 19.2. The maximum Gasteiger partial charge on any atom is -0.0398 e. The lowest BCUT2D eigenvalue weighted by molar-refractivity contribution is 0.624. The Balaban J connectivity index is 0. The molecule has 0 saturated carbocycles. The minimum absolute atomic E-state index is 1.32. The molecule has 0 saturated heterocycles. The highest BCUT2D eigenvalue weighted by molar-refractivity contribution is 5.11. The highest BCUT2D eigenvalue weighted by Gasteiger charge is 1.83. The lowest BCUT2D eigenvalue weighted by Gasteiger charge is -1.93. The first kappa shape index (κ1) is 18.6. The summed E-state index contributed by atoms with van der Waals surface area (Å²) >= 11 is 0. The number of unbranched alkanes of at least 4 members (excludes halogenated alkanes) is 5. The lowest BCUT2D eigenvalue weighted by Crippen LogP contribution is -1.73. The zero-order valence-electron chi connectivity index (χ0n) is 12.6. The fraction of sp³-hybridized carbons (Fsp3) is 0.647. The molecule has 100 valence electrons. The van der Waals surface area contributed by atoms with E-state index in [2.05, 4.69) is 32.9 Å². The van der Waals surface area contributed by atoms with Gasteiger partial charge in [0.15, 0.2) is 0 Å². The highest BCUT2D eigenvalue weighted by atomic mass is 13.9. The van der Waals surface area contributed by atoms with Crippen molar-refractivity contribution in [3.63, 3.8) is 0 Å². The standard InChI is InChI=1S/C8H18.C7H8.C2H6/c1-3-5-7-8-6-4-2;1-7-5-3-2-4-6-7;1-2/h3-8H2,1-2H3;2-6H,1H3;1-2H3. The Morgan fingerprint density at radius 1 is 0.706 bits per heavy atom. The van der Waals surface area contributed by atoms with Crippen LogP contribution < -0.4 is 0 Å². The molecule has 1 aromatic carbocycles. The minimum atomic E-state index is 1.32. The summed E-state index contributed by atoms with van der Waals surface area (Å²) in [5.41, 5.74) is 1.32. The minimum Gasteiger partial charge on any atom is -0.0683 e. The molecule has 0 unspecified atom stereocenters. The van der Waals surface area contributed by atoms with Gasteiger partial charge in [-0.05, 0) is 6.92 Å². The molecule has 0 spiro atoms. The molecular weight excluding hydrogens is 204 g/mol. The van der Waals surface area contributed by atoms with Crippen molar-refractivity contribution >= 4 is 0 Å². The van der Waals surface area contributed by atoms with E-state index in [1.54, 1.807) is 0 Å². The molecule has 0 amide bonds. The van der Waals surface area contributed by atoms with E-state index in [-0.39, 0.29) is 0 Å². The van der Waals surface area contributed by atoms with Crippen LogP contribution in [0.1, 0.15) is 71.8 Å². The molecule has 17 heavy (non-hydrogen) atoms. The zero-order chi connectivity index (χ0) is 13.4. The van der Waals surface area contributed by atoms with Crippen LogP contribution in [0.15, 0.2) is 30.3 Å². The quantitative estimate of drug-likeness (QED) is 0.520. The molecule has 0 aliphatic rings. The van der Waals surface area contributed by atoms with Crippen molar-refractivity contribution in [3.05, 3.63) is 35.9 Å². The van der Waals surface area contributed by atoms with E-state index in [0.717, 1.165) is 0 Å². The van der Waals surface area contributed by atoms with Gasteiger partial charge in [-0.25, -0.2) is 0 Å². The summed E-state index contributed by atoms with van der Waals surface area (Å²) in [6, 6.07) is 10.3. The van der Waals surface area contributed by atoms with E-state index in [1.165, 1.54) is 44.1 Å². The Bertz CT molecular complexity index is 195. The third-order valence-electron chi connectivity index (χ3n) is 2.40. The van der Waals surface area contributed by atoms with Crippen molar-refractivity contribution < 1.29 is 0 Å². The molecule has 0 nitrogen and oxygen atoms in total. The molecule has 0 heterocycles. The fourth-order valence-electron chi connectivity index (χ4n) is 1.39. The van der Waals surface area contributed by atoms with Gasteiger partial charge in [0.05, 0.1) is 0 Å². The van der Waals surface area contributed by atoms with Gasteiger partial charge in [-0.15, -0.1) is 0 Å². The molecule has 0 heteroatoms. The van der Waals surface area contributed by atoms with Gasteiger partial charge in [-0.2, -0.15) is 0 Å². The number of rotatable bonds is 5. The fourth-order valence-corrected chi connectivity index (χ4v) is 1.39. The summed E-state index contributed by atoms with van der Waals surface area (Å²) in [5, 5.41) is 0. The summed E-state index contributed by atoms with van der Waals surface area (Å²) in [6.07, 6.45) is 8.49. The Morgan fingerprint density at radius 2 is 1.12 bits per heavy atom. The Labute approximate surface area is 109 Å². The molecule has 0 aliphatic carbocycles. The maximum atomic E-state index is 2.26. The highest BCUT2D eigenvalue weighted by Crippen LogP contribution is 2.03. The molecule has 1 aromatic rings. The van der Waals surface area contributed by atoms with Crippen molar-refractivity contribution in [2.75, 3.05) is 0 Å². The summed E-state index contributed by atoms with van der Waals surface area (Å²) in [6.45, 7) is 10.6. The number of benzene rings is 1. The third kappa shape index (κ3) is 17.8. The van der Waals surface area contributed by atoms with Gasteiger partial charge in [-0.1, -0.05) is 102 Å². The van der Waals surface area contributed by atoms with Crippen LogP contribution in [-0.2, 0) is 0 Å². The van der Waals surface area contributed by atoms with E-state index < -0.39 is 0 Å². The first-order valence-corrected chi connectivity index (χ1v) is 7.32. The number of aryl methyl sites for hydroxylation is 1. The van der Waals surface area contributed by atoms with Crippen LogP contribution >= 0.6 is 0 Å². The topological polar surface area (TPSA) is 0 Å². The molecular formula is C17H32. The van der Waals surface area contributed by atoms with Crippen molar-refractivity contribution in [2.24, 2.45) is 0 Å². The lowest BCUT2D eigenvalue weighted by atomic mass is 10.1. The van der Waals surface area contributed by atoms with Crippen molar-refractivity contribution in [1.29, 1.82) is 0 Å². The van der Waals surface area contributed by atoms with Gasteiger partial charge in [0.25, 0.3) is 0 Å². The summed E-state index contributed by atoms with van der Waals surface area (Å²) in [7, 11) is 0. The van der Waals surface area contributed by atoms with Gasteiger partial charge >= 0.3 is 0 Å². The molecule has 0 aromatic heterocycles. The summed E-state index contributed by atoms with van der Waals surface area (Å²) < 4.78 is 0. The second-order valence-electron chi connectivity index (χ2n) is 4.07. The normalized spacial score (nSPS) is 8.53. The van der Waals surface area contributed by atoms with Gasteiger partial charge in [0.2, 0.25) is 0 Å². The Hall–Kier alpha value is -0.780. The molecule has 0 N–H and O–H groups in total. The second-order valence-corrected chi connectivity index (χ2v) is 4.07. The smallest absolute Gasteiger partial charge is 0.0398 e. The van der Waals surface area contributed by atoms with Crippen LogP contribution in [0.4, 0.5) is 0 Å². The first-order chi connectivity index (χ1) is 8.31. The van der Waals surface area contributed by atoms with Crippen LogP contribution in [0, 0.1) is 6.92 Å². The second kappa shape index (κ2) is 17.6. The van der Waals surface area contributed by atoms with Crippen molar-refractivity contribution in [1.82, 2.24) is 0 Å². The molecule has 0 radical (unpaired) electrons. The monoisotopic (exact) mass is 236 g/mol. The van der Waals surface area contributed by atoms with Crippen LogP contribution in [-0.4, -0.2) is 0 Å². The van der Waals surface area contributed by atoms with E-state index in [1.807, 2.05) is 32.0 Å². The predicted molar refractivity (Wildman–Crippen MR) is 81.6 cm³/mol. The van der Waals surface area contributed by atoms with Crippen LogP contribution in [0.3, 0.4) is 0 Å². The number of hydrogen-bond donors (Lipinski definition) is 0. The van der Waals surface area contributed by atoms with Gasteiger partial charge in [-0.3, -0.25) is 0 Å². The predicted octanol–water partition coefficient (Wildman–Crippen LogP) is 6.39. The molecule has 0 atom stereocenters. The molecule has 0 bridgehead atoms. The largest absolute Gasteiger partial charge is 0.0683 e. The van der Waals surface area contributed by atoms with Gasteiger partial charge in [0.1, 0.15) is 0 Å². The van der Waals surface area contributed by atoms with Gasteiger partial charge < -0.3 is 0 Å². The first-order valence-electron chi connectivity index (χ1n) is 7.32. The van der Waals surface area contributed by atoms with Crippen LogP contribution in [0.2, 0.25) is 0 Å². The molecule has 1 rings (SSSR count). The summed E-state index contributed by atoms with van der Waals surface area (Å²) in [5.74, 6) is 0. The van der Waals surface area contributed by atoms with Crippen LogP contribution in [0.5, 0.6) is 0 Å². The third-order valence-corrected chi connectivity index (χ3v) is 2.40. The number of hydrogen-bond acceptors (Lipinski definition) is 0. The van der Waals surface area contributed by atoms with E-state index >= 15 is 0 Å². The van der Waals surface area contributed by atoms with Crippen molar-refractivity contribution in [3.8, 4) is 0 Å². The van der Waals surface area contributed by atoms with Crippen molar-refractivity contribution in [2.45, 2.75) is 73.1 Å². The average molecular weight is 236 g/mol. The van der Waals surface area contributed by atoms with Crippen LogP contribution in [0.25, 0.3) is 0 Å². The molecule has 0 aliphatic heterocycles. The van der Waals surface area contributed by atoms with E-state index in [0.29, 0.717) is 0 Å². The maximum absolute atomic E-state index is 2.26. The Morgan fingerprint density at radius 3 is 1.35 bits per heavy atom. The van der Waals surface area contributed by atoms with E-state index in [4.69, 9.17) is 0 Å². The SMILES string of the molecule is CC.CCCCCCCC.Cc1ccccc1. The zero-order valence-corrected chi connectivity index (χ0v) is 12.6. The molecule has 0 fully saturated rings. The summed E-state index contributed by atoms with van der Waals surface area (Å²) in [4.78, 5) is 0. The van der Waals surface area contributed by atoms with Gasteiger partial charge in [0, 0.05) is 0 Å². The van der Waals surface area contributed by atoms with E-state index in [9.17, 15) is 0 Å². The average Bonchev–Trinajstić information content (AvgIpc) is 2.39.